The molecule has 112 valence electrons. The second-order valence-corrected chi connectivity index (χ2v) is 5.57. The molecule has 0 fully saturated rings. The van der Waals surface area contributed by atoms with Crippen molar-refractivity contribution < 1.29 is 4.74 Å². The van der Waals surface area contributed by atoms with Crippen molar-refractivity contribution in [1.29, 1.82) is 0 Å². The molecule has 0 aliphatic heterocycles. The number of hydrogen-bond acceptors (Lipinski definition) is 4. The fraction of sp³-hybridized carbons (Fsp3) is 0.412. The van der Waals surface area contributed by atoms with Gasteiger partial charge < -0.3 is 10.1 Å². The fourth-order valence-electron chi connectivity index (χ4n) is 1.91. The zero-order valence-corrected chi connectivity index (χ0v) is 13.0. The Balaban J connectivity index is 1.84. The van der Waals surface area contributed by atoms with E-state index < -0.39 is 0 Å². The Kier molecular flexibility index (Phi) is 5.69. The molecule has 21 heavy (non-hydrogen) atoms. The topological polar surface area (TPSA) is 47.0 Å². The minimum Gasteiger partial charge on any atom is -0.486 e. The van der Waals surface area contributed by atoms with Crippen LogP contribution < -0.4 is 10.1 Å². The van der Waals surface area contributed by atoms with E-state index in [1.165, 1.54) is 0 Å². The summed E-state index contributed by atoms with van der Waals surface area (Å²) in [4.78, 5) is 8.71. The van der Waals surface area contributed by atoms with Gasteiger partial charge in [-0.3, -0.25) is 9.97 Å². The van der Waals surface area contributed by atoms with Gasteiger partial charge in [0.15, 0.2) is 0 Å². The quantitative estimate of drug-likeness (QED) is 0.849. The summed E-state index contributed by atoms with van der Waals surface area (Å²) in [5.41, 5.74) is 3.12. The molecule has 4 nitrogen and oxygen atoms in total. The van der Waals surface area contributed by atoms with Gasteiger partial charge in [-0.1, -0.05) is 19.9 Å². The largest absolute Gasteiger partial charge is 0.486 e. The van der Waals surface area contributed by atoms with Gasteiger partial charge >= 0.3 is 0 Å². The summed E-state index contributed by atoms with van der Waals surface area (Å²) in [5, 5.41) is 3.37. The molecule has 0 bridgehead atoms. The molecule has 0 radical (unpaired) electrons. The maximum atomic E-state index is 5.73. The van der Waals surface area contributed by atoms with Gasteiger partial charge in [0.2, 0.25) is 0 Å². The maximum Gasteiger partial charge on any atom is 0.138 e. The van der Waals surface area contributed by atoms with Crippen LogP contribution in [-0.2, 0) is 13.2 Å². The lowest BCUT2D eigenvalue weighted by Crippen LogP contribution is -2.19. The Morgan fingerprint density at radius 2 is 2.05 bits per heavy atom. The fourth-order valence-corrected chi connectivity index (χ4v) is 1.91. The summed E-state index contributed by atoms with van der Waals surface area (Å²) in [6.07, 6.45) is 3.55. The van der Waals surface area contributed by atoms with E-state index in [1.54, 1.807) is 12.4 Å². The molecule has 0 unspecified atom stereocenters. The van der Waals surface area contributed by atoms with Gasteiger partial charge in [-0.2, -0.15) is 0 Å². The highest BCUT2D eigenvalue weighted by molar-refractivity contribution is 5.22. The molecule has 2 aromatic heterocycles. The van der Waals surface area contributed by atoms with Crippen LogP contribution in [0.5, 0.6) is 5.75 Å². The summed E-state index contributed by atoms with van der Waals surface area (Å²) in [6, 6.07) is 7.92. The number of ether oxygens (including phenoxy) is 1. The molecule has 2 aromatic rings. The number of hydrogen-bond donors (Lipinski definition) is 1. The van der Waals surface area contributed by atoms with Crippen molar-refractivity contribution >= 4 is 0 Å². The number of pyridine rings is 2. The Morgan fingerprint density at radius 1 is 1.19 bits per heavy atom. The van der Waals surface area contributed by atoms with Crippen molar-refractivity contribution in [3.05, 3.63) is 53.6 Å². The number of nitrogens with zero attached hydrogens (tertiary/aromatic N) is 2. The van der Waals surface area contributed by atoms with Crippen molar-refractivity contribution in [2.75, 3.05) is 6.54 Å². The van der Waals surface area contributed by atoms with Crippen molar-refractivity contribution in [2.24, 2.45) is 5.92 Å². The second-order valence-electron chi connectivity index (χ2n) is 5.57. The molecule has 0 spiro atoms. The molecular weight excluding hydrogens is 262 g/mol. The maximum absolute atomic E-state index is 5.73. The Morgan fingerprint density at radius 3 is 2.71 bits per heavy atom. The normalized spacial score (nSPS) is 10.9. The van der Waals surface area contributed by atoms with Crippen LogP contribution in [0.15, 0.2) is 36.7 Å². The van der Waals surface area contributed by atoms with Crippen LogP contribution in [0.25, 0.3) is 0 Å². The molecule has 0 aliphatic rings. The average Bonchev–Trinajstić information content (AvgIpc) is 2.47. The highest BCUT2D eigenvalue weighted by Crippen LogP contribution is 2.12. The first-order valence-electron chi connectivity index (χ1n) is 7.34. The molecule has 0 aliphatic carbocycles. The Hall–Kier alpha value is -1.94. The summed E-state index contributed by atoms with van der Waals surface area (Å²) in [6.45, 7) is 8.68. The minimum atomic E-state index is 0.472. The van der Waals surface area contributed by atoms with Crippen molar-refractivity contribution in [3.63, 3.8) is 0 Å². The van der Waals surface area contributed by atoms with Crippen molar-refractivity contribution in [3.8, 4) is 5.75 Å². The minimum absolute atomic E-state index is 0.472. The van der Waals surface area contributed by atoms with E-state index in [-0.39, 0.29) is 0 Å². The van der Waals surface area contributed by atoms with Crippen LogP contribution in [-0.4, -0.2) is 16.5 Å². The van der Waals surface area contributed by atoms with Crippen LogP contribution in [0.3, 0.4) is 0 Å². The second kappa shape index (κ2) is 7.74. The SMILES string of the molecule is Cc1cccnc1COc1ccc(CNCC(C)C)nc1. The summed E-state index contributed by atoms with van der Waals surface area (Å²) < 4.78 is 5.73. The van der Waals surface area contributed by atoms with Gasteiger partial charge in [-0.25, -0.2) is 0 Å². The Labute approximate surface area is 126 Å². The van der Waals surface area contributed by atoms with Crippen LogP contribution in [0.4, 0.5) is 0 Å². The Bertz CT molecular complexity index is 552. The van der Waals surface area contributed by atoms with Gasteiger partial charge in [0.1, 0.15) is 12.4 Å². The van der Waals surface area contributed by atoms with Gasteiger partial charge in [0, 0.05) is 12.7 Å². The highest BCUT2D eigenvalue weighted by Gasteiger charge is 2.02. The van der Waals surface area contributed by atoms with Crippen LogP contribution >= 0.6 is 0 Å². The van der Waals surface area contributed by atoms with E-state index in [0.717, 1.165) is 35.8 Å². The van der Waals surface area contributed by atoms with E-state index in [2.05, 4.69) is 29.1 Å². The van der Waals surface area contributed by atoms with Gasteiger partial charge in [-0.05, 0) is 43.1 Å². The molecular formula is C17H23N3O. The van der Waals surface area contributed by atoms with Crippen LogP contribution in [0.2, 0.25) is 0 Å². The third-order valence-electron chi connectivity index (χ3n) is 3.15. The van der Waals surface area contributed by atoms with E-state index in [1.807, 2.05) is 31.2 Å². The van der Waals surface area contributed by atoms with Gasteiger partial charge in [0.25, 0.3) is 0 Å². The first-order chi connectivity index (χ1) is 10.1. The summed E-state index contributed by atoms with van der Waals surface area (Å²) in [7, 11) is 0. The van der Waals surface area contributed by atoms with E-state index in [9.17, 15) is 0 Å². The van der Waals surface area contributed by atoms with Crippen molar-refractivity contribution in [1.82, 2.24) is 15.3 Å². The molecule has 4 heteroatoms. The first-order valence-corrected chi connectivity index (χ1v) is 7.34. The van der Waals surface area contributed by atoms with Crippen molar-refractivity contribution in [2.45, 2.75) is 33.9 Å². The molecule has 0 amide bonds. The van der Waals surface area contributed by atoms with E-state index in [0.29, 0.717) is 12.5 Å². The molecule has 0 atom stereocenters. The predicted octanol–water partition coefficient (Wildman–Crippen LogP) is 3.11. The molecule has 0 saturated carbocycles. The molecule has 2 rings (SSSR count). The average molecular weight is 285 g/mol. The third-order valence-corrected chi connectivity index (χ3v) is 3.15. The number of aromatic nitrogens is 2. The summed E-state index contributed by atoms with van der Waals surface area (Å²) in [5.74, 6) is 1.42. The van der Waals surface area contributed by atoms with Crippen LogP contribution in [0, 0.1) is 12.8 Å². The lowest BCUT2D eigenvalue weighted by atomic mass is 10.2. The standard InChI is InChI=1S/C17H23N3O/c1-13(2)9-18-10-15-6-7-16(11-20-15)21-12-17-14(3)5-4-8-19-17/h4-8,11,13,18H,9-10,12H2,1-3H3. The molecule has 0 aromatic carbocycles. The lowest BCUT2D eigenvalue weighted by Gasteiger charge is -2.09. The van der Waals surface area contributed by atoms with Crippen LogP contribution in [0.1, 0.15) is 30.8 Å². The summed E-state index contributed by atoms with van der Waals surface area (Å²) >= 11 is 0. The smallest absolute Gasteiger partial charge is 0.138 e. The molecule has 1 N–H and O–H groups in total. The molecule has 0 saturated heterocycles. The third kappa shape index (κ3) is 5.16. The number of rotatable bonds is 7. The van der Waals surface area contributed by atoms with Gasteiger partial charge in [-0.15, -0.1) is 0 Å². The van der Waals surface area contributed by atoms with Gasteiger partial charge in [0.05, 0.1) is 17.6 Å². The highest BCUT2D eigenvalue weighted by atomic mass is 16.5. The number of nitrogens with one attached hydrogen (secondary N) is 1. The first kappa shape index (κ1) is 15.4. The molecule has 2 heterocycles. The zero-order chi connectivity index (χ0) is 15.1. The number of aryl methyl sites for hydroxylation is 1. The monoisotopic (exact) mass is 285 g/mol. The zero-order valence-electron chi connectivity index (χ0n) is 13.0. The lowest BCUT2D eigenvalue weighted by molar-refractivity contribution is 0.299. The van der Waals surface area contributed by atoms with E-state index >= 15 is 0 Å². The van der Waals surface area contributed by atoms with E-state index in [4.69, 9.17) is 4.74 Å². The predicted molar refractivity (Wildman–Crippen MR) is 84.1 cm³/mol.